The van der Waals surface area contributed by atoms with Gasteiger partial charge in [0.2, 0.25) is 0 Å². The average molecular weight is 235 g/mol. The van der Waals surface area contributed by atoms with Crippen molar-refractivity contribution in [2.45, 2.75) is 45.1 Å². The molecule has 0 radical (unpaired) electrons. The van der Waals surface area contributed by atoms with Gasteiger partial charge in [0.25, 0.3) is 0 Å². The monoisotopic (exact) mass is 234 g/mol. The molecule has 1 saturated carbocycles. The van der Waals surface area contributed by atoms with E-state index in [4.69, 9.17) is 21.4 Å². The van der Waals surface area contributed by atoms with Gasteiger partial charge in [0.05, 0.1) is 0 Å². The summed E-state index contributed by atoms with van der Waals surface area (Å²) in [5.74, 6) is 0.887. The van der Waals surface area contributed by atoms with Crippen LogP contribution in [0.3, 0.4) is 0 Å². The molecule has 3 nitrogen and oxygen atoms in total. The predicted octanol–water partition coefficient (Wildman–Crippen LogP) is 3.71. The van der Waals surface area contributed by atoms with Crippen LogP contribution >= 0.6 is 11.6 Å². The number of ether oxygens (including phenoxy) is 1. The molecule has 3 unspecified atom stereocenters. The Morgan fingerprint density at radius 3 is 2.60 bits per heavy atom. The molecule has 4 heteroatoms. The highest BCUT2D eigenvalue weighted by molar-refractivity contribution is 6.23. The standard InChI is InChI=1S/C11H19ClO3/c1-7(2)9-5-4-8(3)6-11(9,12)15-10(13)14/h7-9H,4-6H2,1-3H3,(H,13,14). The number of alkyl halides is 1. The summed E-state index contributed by atoms with van der Waals surface area (Å²) < 4.78 is 4.91. The fraction of sp³-hybridized carbons (Fsp3) is 0.909. The SMILES string of the molecule is CC1CCC(C(C)C)C(Cl)(OC(=O)O)C1. The highest BCUT2D eigenvalue weighted by Gasteiger charge is 2.46. The maximum Gasteiger partial charge on any atom is 0.507 e. The first kappa shape index (κ1) is 12.6. The lowest BCUT2D eigenvalue weighted by Crippen LogP contribution is -2.44. The van der Waals surface area contributed by atoms with E-state index < -0.39 is 11.2 Å². The molecule has 0 amide bonds. The second-order valence-electron chi connectivity index (χ2n) is 4.89. The molecule has 0 heterocycles. The van der Waals surface area contributed by atoms with Crippen molar-refractivity contribution in [2.24, 2.45) is 17.8 Å². The van der Waals surface area contributed by atoms with Crippen LogP contribution in [0.4, 0.5) is 4.79 Å². The van der Waals surface area contributed by atoms with Crippen molar-refractivity contribution in [3.05, 3.63) is 0 Å². The molecule has 1 rings (SSSR count). The molecule has 1 N–H and O–H groups in total. The van der Waals surface area contributed by atoms with Crippen molar-refractivity contribution in [2.75, 3.05) is 0 Å². The van der Waals surface area contributed by atoms with E-state index in [1.54, 1.807) is 0 Å². The lowest BCUT2D eigenvalue weighted by atomic mass is 9.75. The Morgan fingerprint density at radius 2 is 2.13 bits per heavy atom. The molecule has 15 heavy (non-hydrogen) atoms. The second kappa shape index (κ2) is 4.60. The molecule has 0 saturated heterocycles. The van der Waals surface area contributed by atoms with Gasteiger partial charge in [0.1, 0.15) is 0 Å². The van der Waals surface area contributed by atoms with Crippen LogP contribution in [0, 0.1) is 17.8 Å². The smallest absolute Gasteiger partial charge is 0.450 e. The van der Waals surface area contributed by atoms with Gasteiger partial charge in [0.15, 0.2) is 5.06 Å². The summed E-state index contributed by atoms with van der Waals surface area (Å²) >= 11 is 6.32. The van der Waals surface area contributed by atoms with E-state index in [9.17, 15) is 4.79 Å². The van der Waals surface area contributed by atoms with E-state index in [2.05, 4.69) is 20.8 Å². The zero-order chi connectivity index (χ0) is 11.6. The third kappa shape index (κ3) is 3.00. The van der Waals surface area contributed by atoms with Crippen molar-refractivity contribution in [1.82, 2.24) is 0 Å². The molecule has 1 aliphatic rings. The first-order chi connectivity index (χ1) is 6.85. The summed E-state index contributed by atoms with van der Waals surface area (Å²) in [6, 6.07) is 0. The van der Waals surface area contributed by atoms with Gasteiger partial charge < -0.3 is 9.84 Å². The van der Waals surface area contributed by atoms with Crippen molar-refractivity contribution >= 4 is 17.8 Å². The Hall–Kier alpha value is -0.440. The minimum Gasteiger partial charge on any atom is -0.450 e. The molecule has 1 fully saturated rings. The van der Waals surface area contributed by atoms with E-state index in [1.165, 1.54) is 0 Å². The summed E-state index contributed by atoms with van der Waals surface area (Å²) in [5, 5.41) is 7.69. The van der Waals surface area contributed by atoms with Crippen LogP contribution in [0.15, 0.2) is 0 Å². The maximum absolute atomic E-state index is 10.6. The largest absolute Gasteiger partial charge is 0.507 e. The van der Waals surface area contributed by atoms with Gasteiger partial charge in [-0.15, -0.1) is 0 Å². The molecule has 3 atom stereocenters. The van der Waals surface area contributed by atoms with Gasteiger partial charge >= 0.3 is 6.16 Å². The van der Waals surface area contributed by atoms with Gasteiger partial charge in [-0.3, -0.25) is 0 Å². The molecule has 88 valence electrons. The van der Waals surface area contributed by atoms with E-state index in [0.717, 1.165) is 12.8 Å². The zero-order valence-corrected chi connectivity index (χ0v) is 10.3. The van der Waals surface area contributed by atoms with Crippen LogP contribution in [0.25, 0.3) is 0 Å². The molecule has 0 aromatic rings. The van der Waals surface area contributed by atoms with Crippen LogP contribution in [0.5, 0.6) is 0 Å². The van der Waals surface area contributed by atoms with Crippen molar-refractivity contribution in [1.29, 1.82) is 0 Å². The van der Waals surface area contributed by atoms with Crippen molar-refractivity contribution < 1.29 is 14.6 Å². The number of carbonyl (C=O) groups is 1. The number of halogens is 1. The maximum atomic E-state index is 10.6. The minimum atomic E-state index is -1.27. The molecule has 0 aliphatic heterocycles. The Kier molecular flexibility index (Phi) is 3.87. The van der Waals surface area contributed by atoms with Crippen molar-refractivity contribution in [3.8, 4) is 0 Å². The molecular weight excluding hydrogens is 216 g/mol. The normalized spacial score (nSPS) is 36.6. The molecule has 0 aromatic heterocycles. The Bertz CT molecular complexity index is 242. The fourth-order valence-electron chi connectivity index (χ4n) is 2.50. The first-order valence-corrected chi connectivity index (χ1v) is 5.84. The first-order valence-electron chi connectivity index (χ1n) is 5.46. The lowest BCUT2D eigenvalue weighted by molar-refractivity contribution is -0.0465. The highest BCUT2D eigenvalue weighted by Crippen LogP contribution is 2.46. The predicted molar refractivity (Wildman–Crippen MR) is 59.0 cm³/mol. The summed E-state index contributed by atoms with van der Waals surface area (Å²) in [6.07, 6.45) is 1.38. The van der Waals surface area contributed by atoms with Crippen LogP contribution in [-0.2, 0) is 4.74 Å². The third-order valence-electron chi connectivity index (χ3n) is 3.21. The lowest BCUT2D eigenvalue weighted by Gasteiger charge is -2.42. The molecule has 1 aliphatic carbocycles. The van der Waals surface area contributed by atoms with Gasteiger partial charge in [-0.25, -0.2) is 4.79 Å². The Labute approximate surface area is 95.8 Å². The van der Waals surface area contributed by atoms with Gasteiger partial charge in [-0.1, -0.05) is 38.8 Å². The minimum absolute atomic E-state index is 0.117. The quantitative estimate of drug-likeness (QED) is 0.585. The average Bonchev–Trinajstić information content (AvgIpc) is 1.99. The number of rotatable bonds is 2. The van der Waals surface area contributed by atoms with E-state index in [1.807, 2.05) is 0 Å². The molecule has 0 bridgehead atoms. The summed E-state index contributed by atoms with van der Waals surface area (Å²) in [4.78, 5) is 10.6. The van der Waals surface area contributed by atoms with Crippen LogP contribution < -0.4 is 0 Å². The van der Waals surface area contributed by atoms with E-state index >= 15 is 0 Å². The van der Waals surface area contributed by atoms with Crippen LogP contribution in [0.1, 0.15) is 40.0 Å². The fourth-order valence-corrected chi connectivity index (χ4v) is 3.19. The Morgan fingerprint density at radius 1 is 1.53 bits per heavy atom. The summed E-state index contributed by atoms with van der Waals surface area (Å²) in [5.41, 5.74) is 0. The number of hydrogen-bond donors (Lipinski definition) is 1. The second-order valence-corrected chi connectivity index (χ2v) is 5.53. The van der Waals surface area contributed by atoms with E-state index in [0.29, 0.717) is 18.3 Å². The number of carboxylic acid groups (broad SMARTS) is 1. The van der Waals surface area contributed by atoms with Crippen LogP contribution in [-0.4, -0.2) is 16.3 Å². The Balaban J connectivity index is 2.80. The van der Waals surface area contributed by atoms with Gasteiger partial charge in [-0.2, -0.15) is 0 Å². The third-order valence-corrected chi connectivity index (χ3v) is 3.72. The summed E-state index contributed by atoms with van der Waals surface area (Å²) in [6.45, 7) is 6.20. The van der Waals surface area contributed by atoms with Crippen molar-refractivity contribution in [3.63, 3.8) is 0 Å². The highest BCUT2D eigenvalue weighted by atomic mass is 35.5. The topological polar surface area (TPSA) is 46.5 Å². The summed E-state index contributed by atoms with van der Waals surface area (Å²) in [7, 11) is 0. The van der Waals surface area contributed by atoms with Gasteiger partial charge in [-0.05, 0) is 18.3 Å². The number of hydrogen-bond acceptors (Lipinski definition) is 2. The van der Waals surface area contributed by atoms with Crippen LogP contribution in [0.2, 0.25) is 0 Å². The molecule has 0 aromatic carbocycles. The zero-order valence-electron chi connectivity index (χ0n) is 9.50. The molecule has 0 spiro atoms. The molecular formula is C11H19ClO3. The van der Waals surface area contributed by atoms with Gasteiger partial charge in [0, 0.05) is 12.3 Å². The van der Waals surface area contributed by atoms with E-state index in [-0.39, 0.29) is 5.92 Å².